The number of fused-ring (bicyclic) bond motifs is 5. The molecular weight excluding hydrogens is 573 g/mol. The Morgan fingerprint density at radius 2 is 1.69 bits per heavy atom. The molecule has 4 heteroatoms. The van der Waals surface area contributed by atoms with E-state index in [0.29, 0.717) is 15.9 Å². The van der Waals surface area contributed by atoms with Gasteiger partial charge >= 0.3 is 5.97 Å². The van der Waals surface area contributed by atoms with Crippen LogP contribution < -0.4 is 0 Å². The highest BCUT2D eigenvalue weighted by molar-refractivity contribution is 7.14. The predicted octanol–water partition coefficient (Wildman–Crippen LogP) is 11.0. The molecule has 0 unspecified atom stereocenters. The molecule has 0 aliphatic heterocycles. The number of rotatable bonds is 10. The maximum absolute atomic E-state index is 13.4. The molecule has 0 amide bonds. The molecule has 4 aliphatic rings. The zero-order chi connectivity index (χ0) is 31.9. The minimum absolute atomic E-state index is 0.00817. The average molecular weight is 629 g/mol. The molecule has 9 atom stereocenters. The number of benzene rings is 1. The molecular formula is C41H56O3S. The van der Waals surface area contributed by atoms with E-state index in [1.165, 1.54) is 62.7 Å². The second-order valence-electron chi connectivity index (χ2n) is 16.2. The second-order valence-corrected chi connectivity index (χ2v) is 17.3. The third-order valence-corrected chi connectivity index (χ3v) is 14.5. The third-order valence-electron chi connectivity index (χ3n) is 13.2. The molecule has 45 heavy (non-hydrogen) atoms. The Morgan fingerprint density at radius 3 is 2.44 bits per heavy atom. The van der Waals surface area contributed by atoms with E-state index in [9.17, 15) is 9.59 Å². The molecule has 0 saturated heterocycles. The van der Waals surface area contributed by atoms with Gasteiger partial charge in [0.2, 0.25) is 5.78 Å². The van der Waals surface area contributed by atoms with Gasteiger partial charge in [0, 0.05) is 16.9 Å². The van der Waals surface area contributed by atoms with Crippen molar-refractivity contribution in [3.63, 3.8) is 0 Å². The molecule has 0 N–H and O–H groups in total. The first-order chi connectivity index (χ1) is 21.5. The molecule has 1 heterocycles. The van der Waals surface area contributed by atoms with E-state index in [1.54, 1.807) is 5.57 Å². The summed E-state index contributed by atoms with van der Waals surface area (Å²) >= 11 is 1.42. The summed E-state index contributed by atoms with van der Waals surface area (Å²) < 4.78 is 6.21. The van der Waals surface area contributed by atoms with Crippen molar-refractivity contribution >= 4 is 23.1 Å². The van der Waals surface area contributed by atoms with Crippen LogP contribution in [0, 0.1) is 46.3 Å². The smallest absolute Gasteiger partial charge is 0.314 e. The van der Waals surface area contributed by atoms with Crippen molar-refractivity contribution in [3.8, 4) is 0 Å². The van der Waals surface area contributed by atoms with E-state index in [4.69, 9.17) is 4.74 Å². The van der Waals surface area contributed by atoms with Crippen LogP contribution in [-0.2, 0) is 9.53 Å². The van der Waals surface area contributed by atoms with Crippen molar-refractivity contribution in [3.05, 3.63) is 69.4 Å². The molecule has 1 aromatic heterocycles. The first kappa shape index (κ1) is 32.7. The highest BCUT2D eigenvalue weighted by atomic mass is 32.1. The van der Waals surface area contributed by atoms with Crippen LogP contribution in [0.2, 0.25) is 0 Å². The van der Waals surface area contributed by atoms with E-state index < -0.39 is 0 Å². The zero-order valence-electron chi connectivity index (χ0n) is 28.6. The molecule has 6 rings (SSSR count). The van der Waals surface area contributed by atoms with Crippen molar-refractivity contribution < 1.29 is 14.3 Å². The van der Waals surface area contributed by atoms with Gasteiger partial charge in [-0.3, -0.25) is 9.59 Å². The van der Waals surface area contributed by atoms with Gasteiger partial charge < -0.3 is 4.74 Å². The first-order valence-electron chi connectivity index (χ1n) is 18.1. The number of carbonyl (C=O) groups is 2. The Labute approximate surface area is 276 Å². The lowest BCUT2D eigenvalue weighted by molar-refractivity contribution is -0.152. The van der Waals surface area contributed by atoms with Crippen molar-refractivity contribution in [2.75, 3.05) is 0 Å². The van der Waals surface area contributed by atoms with Gasteiger partial charge in [0.05, 0.1) is 10.8 Å². The number of carbonyl (C=O) groups excluding carboxylic acids is 2. The van der Waals surface area contributed by atoms with Crippen LogP contribution >= 0.6 is 11.3 Å². The Morgan fingerprint density at radius 1 is 0.911 bits per heavy atom. The standard InChI is InChI=1S/C41H56O3S/c1-26(2)11-10-12-27(3)33-17-18-34-32-16-15-30-25-31(21-23-40(30,5)35(32)22-24-41(33,34)6)44-39(43)28(4)36-19-20-37(45-36)38(42)29-13-8-7-9-14-29/h7-9,13-15,19-20,26-28,31-35H,10-12,16-18,21-25H2,1-6H3/t27-,28+,31-,32+,33-,34+,35+,40+,41-/m1/s1. The lowest BCUT2D eigenvalue weighted by Crippen LogP contribution is -2.51. The Bertz CT molecular complexity index is 1390. The number of ketones is 1. The largest absolute Gasteiger partial charge is 0.462 e. The molecule has 2 aromatic rings. The van der Waals surface area contributed by atoms with Gasteiger partial charge in [0.1, 0.15) is 6.10 Å². The van der Waals surface area contributed by atoms with Crippen LogP contribution in [0.4, 0.5) is 0 Å². The summed E-state index contributed by atoms with van der Waals surface area (Å²) in [6.07, 6.45) is 16.5. The second kappa shape index (κ2) is 13.1. The van der Waals surface area contributed by atoms with Crippen LogP contribution in [0.5, 0.6) is 0 Å². The van der Waals surface area contributed by atoms with E-state index in [2.05, 4.69) is 40.7 Å². The number of esters is 1. The minimum Gasteiger partial charge on any atom is -0.462 e. The molecule has 0 radical (unpaired) electrons. The Hall–Kier alpha value is -2.20. The third kappa shape index (κ3) is 6.27. The van der Waals surface area contributed by atoms with Crippen LogP contribution in [0.15, 0.2) is 54.1 Å². The fraction of sp³-hybridized carbons (Fsp3) is 0.659. The number of allylic oxidation sites excluding steroid dienone is 1. The van der Waals surface area contributed by atoms with E-state index in [0.717, 1.165) is 59.6 Å². The van der Waals surface area contributed by atoms with Crippen molar-refractivity contribution in [2.24, 2.45) is 46.3 Å². The summed E-state index contributed by atoms with van der Waals surface area (Å²) in [4.78, 5) is 27.8. The molecule has 3 nitrogen and oxygen atoms in total. The van der Waals surface area contributed by atoms with Crippen molar-refractivity contribution in [1.82, 2.24) is 0 Å². The van der Waals surface area contributed by atoms with Crippen LogP contribution in [-0.4, -0.2) is 17.9 Å². The van der Waals surface area contributed by atoms with Gasteiger partial charge in [-0.25, -0.2) is 0 Å². The predicted molar refractivity (Wildman–Crippen MR) is 186 cm³/mol. The van der Waals surface area contributed by atoms with Gasteiger partial charge in [-0.15, -0.1) is 11.3 Å². The fourth-order valence-corrected chi connectivity index (χ4v) is 11.6. The normalized spacial score (nSPS) is 33.8. The summed E-state index contributed by atoms with van der Waals surface area (Å²) in [5.41, 5.74) is 3.00. The van der Waals surface area contributed by atoms with Crippen molar-refractivity contribution in [1.29, 1.82) is 0 Å². The Balaban J connectivity index is 1.07. The zero-order valence-corrected chi connectivity index (χ0v) is 29.5. The van der Waals surface area contributed by atoms with Crippen LogP contribution in [0.1, 0.15) is 138 Å². The maximum atomic E-state index is 13.4. The number of thiophene rings is 1. The SMILES string of the molecule is CC(C)CCC[C@@H](C)[C@H]1CC[C@H]2[C@@H]3CC=C4C[C@H](OC(=O)[C@@H](C)c5ccc(C(=O)c6ccccc6)s5)CC[C@]4(C)[C@H]3CC[C@]12C. The summed E-state index contributed by atoms with van der Waals surface area (Å²) in [7, 11) is 0. The number of hydrogen-bond donors (Lipinski definition) is 0. The molecule has 3 saturated carbocycles. The summed E-state index contributed by atoms with van der Waals surface area (Å²) in [6.45, 7) is 14.4. The summed E-state index contributed by atoms with van der Waals surface area (Å²) in [6, 6.07) is 13.1. The van der Waals surface area contributed by atoms with Gasteiger partial charge in [-0.05, 0) is 110 Å². The highest BCUT2D eigenvalue weighted by Crippen LogP contribution is 2.67. The highest BCUT2D eigenvalue weighted by Gasteiger charge is 2.59. The van der Waals surface area contributed by atoms with Gasteiger partial charge in [0.15, 0.2) is 0 Å². The lowest BCUT2D eigenvalue weighted by atomic mass is 9.47. The number of ether oxygens (including phenoxy) is 1. The topological polar surface area (TPSA) is 43.4 Å². The molecule has 4 aliphatic carbocycles. The van der Waals surface area contributed by atoms with E-state index >= 15 is 0 Å². The van der Waals surface area contributed by atoms with Crippen LogP contribution in [0.25, 0.3) is 0 Å². The quantitative estimate of drug-likeness (QED) is 0.149. The Kier molecular flexibility index (Phi) is 9.55. The summed E-state index contributed by atoms with van der Waals surface area (Å²) in [5, 5.41) is 0. The average Bonchev–Trinajstić information content (AvgIpc) is 3.66. The maximum Gasteiger partial charge on any atom is 0.314 e. The van der Waals surface area contributed by atoms with Gasteiger partial charge in [0.25, 0.3) is 0 Å². The fourth-order valence-electron chi connectivity index (χ4n) is 10.6. The van der Waals surface area contributed by atoms with Gasteiger partial charge in [-0.2, -0.15) is 0 Å². The minimum atomic E-state index is -0.371. The summed E-state index contributed by atoms with van der Waals surface area (Å²) in [5.74, 6) is 4.48. The van der Waals surface area contributed by atoms with Crippen LogP contribution in [0.3, 0.4) is 0 Å². The molecule has 1 aromatic carbocycles. The van der Waals surface area contributed by atoms with E-state index in [-0.39, 0.29) is 29.2 Å². The number of hydrogen-bond acceptors (Lipinski definition) is 4. The molecule has 0 bridgehead atoms. The van der Waals surface area contributed by atoms with Crippen molar-refractivity contribution in [2.45, 2.75) is 124 Å². The van der Waals surface area contributed by atoms with Gasteiger partial charge in [-0.1, -0.05) is 95.9 Å². The lowest BCUT2D eigenvalue weighted by Gasteiger charge is -2.58. The first-order valence-corrected chi connectivity index (χ1v) is 18.9. The van der Waals surface area contributed by atoms with E-state index in [1.807, 2.05) is 49.4 Å². The molecule has 244 valence electrons. The molecule has 0 spiro atoms. The monoisotopic (exact) mass is 628 g/mol. The molecule has 3 fully saturated rings.